The maximum Gasteiger partial charge on any atom is 0.251 e. The number of hydrogen-bond acceptors (Lipinski definition) is 4. The van der Waals surface area contributed by atoms with E-state index in [9.17, 15) is 14.7 Å². The van der Waals surface area contributed by atoms with Crippen LogP contribution in [0.2, 0.25) is 0 Å². The van der Waals surface area contributed by atoms with Gasteiger partial charge in [0, 0.05) is 25.3 Å². The number of anilines is 1. The lowest BCUT2D eigenvalue weighted by Crippen LogP contribution is -2.33. The molecule has 132 valence electrons. The average molecular weight is 342 g/mol. The number of hydrogen-bond donors (Lipinski definition) is 2. The molecule has 1 aliphatic heterocycles. The highest BCUT2D eigenvalue weighted by molar-refractivity contribution is 6.08. The van der Waals surface area contributed by atoms with E-state index >= 15 is 0 Å². The third-order valence-corrected chi connectivity index (χ3v) is 4.73. The summed E-state index contributed by atoms with van der Waals surface area (Å²) in [5.41, 5.74) is 1.87. The summed E-state index contributed by atoms with van der Waals surface area (Å²) in [5.74, 6) is -0.234. The highest BCUT2D eigenvalue weighted by Gasteiger charge is 2.42. The minimum atomic E-state index is -0.661. The SMILES string of the molecule is CC(NC(=O)c1ccc2c(c1)C(C)(C)C(=O)N2C)c1nn(C)cc1O. The van der Waals surface area contributed by atoms with Crippen LogP contribution in [0, 0.1) is 0 Å². The van der Waals surface area contributed by atoms with E-state index in [-0.39, 0.29) is 17.6 Å². The molecule has 0 bridgehead atoms. The van der Waals surface area contributed by atoms with E-state index < -0.39 is 11.5 Å². The average Bonchev–Trinajstić information content (AvgIpc) is 2.98. The summed E-state index contributed by atoms with van der Waals surface area (Å²) >= 11 is 0. The van der Waals surface area contributed by atoms with E-state index in [0.717, 1.165) is 11.3 Å². The van der Waals surface area contributed by atoms with Crippen LogP contribution in [0.25, 0.3) is 0 Å². The molecule has 1 aromatic carbocycles. The Bertz CT molecular complexity index is 869. The first-order valence-electron chi connectivity index (χ1n) is 8.09. The molecule has 0 spiro atoms. The number of benzene rings is 1. The molecule has 0 fully saturated rings. The van der Waals surface area contributed by atoms with Crippen LogP contribution >= 0.6 is 0 Å². The molecule has 2 amide bonds. The third-order valence-electron chi connectivity index (χ3n) is 4.73. The Hall–Kier alpha value is -2.83. The quantitative estimate of drug-likeness (QED) is 0.891. The van der Waals surface area contributed by atoms with E-state index in [1.165, 1.54) is 10.9 Å². The summed E-state index contributed by atoms with van der Waals surface area (Å²) in [6.07, 6.45) is 1.48. The predicted octanol–water partition coefficient (Wildman–Crippen LogP) is 1.87. The van der Waals surface area contributed by atoms with E-state index in [0.29, 0.717) is 11.3 Å². The molecule has 7 heteroatoms. The molecule has 2 heterocycles. The predicted molar refractivity (Wildman–Crippen MR) is 93.6 cm³/mol. The fourth-order valence-electron chi connectivity index (χ4n) is 3.26. The maximum absolute atomic E-state index is 12.6. The van der Waals surface area contributed by atoms with E-state index in [1.54, 1.807) is 44.1 Å². The number of carbonyl (C=O) groups is 2. The number of rotatable bonds is 3. The number of carbonyl (C=O) groups excluding carboxylic acids is 2. The zero-order valence-electron chi connectivity index (χ0n) is 15.0. The molecule has 1 aliphatic rings. The second-order valence-corrected chi connectivity index (χ2v) is 6.99. The number of nitrogens with one attached hydrogen (secondary N) is 1. The van der Waals surface area contributed by atoms with Crippen LogP contribution in [-0.4, -0.2) is 33.7 Å². The molecule has 25 heavy (non-hydrogen) atoms. The van der Waals surface area contributed by atoms with Crippen molar-refractivity contribution in [2.75, 3.05) is 11.9 Å². The summed E-state index contributed by atoms with van der Waals surface area (Å²) < 4.78 is 1.49. The van der Waals surface area contributed by atoms with Crippen molar-refractivity contribution in [3.63, 3.8) is 0 Å². The van der Waals surface area contributed by atoms with Crippen molar-refractivity contribution in [1.29, 1.82) is 0 Å². The topological polar surface area (TPSA) is 87.5 Å². The maximum atomic E-state index is 12.6. The van der Waals surface area contributed by atoms with Crippen LogP contribution in [0.3, 0.4) is 0 Å². The first kappa shape index (κ1) is 17.0. The summed E-state index contributed by atoms with van der Waals surface area (Å²) in [5, 5.41) is 16.9. The number of fused-ring (bicyclic) bond motifs is 1. The van der Waals surface area contributed by atoms with Gasteiger partial charge >= 0.3 is 0 Å². The molecule has 3 rings (SSSR count). The van der Waals surface area contributed by atoms with Crippen LogP contribution in [0.15, 0.2) is 24.4 Å². The van der Waals surface area contributed by atoms with Crippen LogP contribution in [-0.2, 0) is 17.3 Å². The molecule has 7 nitrogen and oxygen atoms in total. The van der Waals surface area contributed by atoms with Crippen LogP contribution < -0.4 is 10.2 Å². The fraction of sp³-hybridized carbons (Fsp3) is 0.389. The van der Waals surface area contributed by atoms with Gasteiger partial charge in [0.25, 0.3) is 5.91 Å². The Labute approximate surface area is 146 Å². The minimum absolute atomic E-state index is 0.00633. The highest BCUT2D eigenvalue weighted by atomic mass is 16.3. The third kappa shape index (κ3) is 2.65. The van der Waals surface area contributed by atoms with E-state index in [4.69, 9.17) is 0 Å². The lowest BCUT2D eigenvalue weighted by atomic mass is 9.85. The molecule has 0 saturated heterocycles. The largest absolute Gasteiger partial charge is 0.504 e. The van der Waals surface area contributed by atoms with Crippen molar-refractivity contribution in [1.82, 2.24) is 15.1 Å². The van der Waals surface area contributed by atoms with Gasteiger partial charge in [-0.1, -0.05) is 0 Å². The Morgan fingerprint density at radius 2 is 2.00 bits per heavy atom. The van der Waals surface area contributed by atoms with Crippen molar-refractivity contribution < 1.29 is 14.7 Å². The second kappa shape index (κ2) is 5.61. The van der Waals surface area contributed by atoms with Gasteiger partial charge in [0.1, 0.15) is 5.69 Å². The lowest BCUT2D eigenvalue weighted by molar-refractivity contribution is -0.121. The van der Waals surface area contributed by atoms with Gasteiger partial charge in [-0.3, -0.25) is 14.3 Å². The molecule has 2 aromatic rings. The standard InChI is InChI=1S/C18H22N4O3/c1-10(15-14(23)9-21(4)20-15)19-16(24)11-6-7-13-12(8-11)18(2,3)17(25)22(13)5/h6-10,23H,1-5H3,(H,19,24). The normalized spacial score (nSPS) is 16.7. The van der Waals surface area contributed by atoms with Gasteiger partial charge in [-0.2, -0.15) is 5.10 Å². The van der Waals surface area contributed by atoms with Crippen molar-refractivity contribution in [3.8, 4) is 5.75 Å². The summed E-state index contributed by atoms with van der Waals surface area (Å²) in [4.78, 5) is 26.6. The Kier molecular flexibility index (Phi) is 3.82. The van der Waals surface area contributed by atoms with Gasteiger partial charge in [-0.15, -0.1) is 0 Å². The Morgan fingerprint density at radius 1 is 1.32 bits per heavy atom. The number of likely N-dealkylation sites (N-methyl/N-ethyl adjacent to an activating group) is 1. The van der Waals surface area contributed by atoms with E-state index in [1.807, 2.05) is 13.8 Å². The first-order valence-corrected chi connectivity index (χ1v) is 8.09. The fourth-order valence-corrected chi connectivity index (χ4v) is 3.26. The van der Waals surface area contributed by atoms with Crippen molar-refractivity contribution in [2.45, 2.75) is 32.2 Å². The van der Waals surface area contributed by atoms with E-state index in [2.05, 4.69) is 10.4 Å². The highest BCUT2D eigenvalue weighted by Crippen LogP contribution is 2.41. The van der Waals surface area contributed by atoms with Crippen LogP contribution in [0.5, 0.6) is 5.75 Å². The molecule has 0 aliphatic carbocycles. The number of aromatic hydroxyl groups is 1. The first-order chi connectivity index (χ1) is 11.6. The van der Waals surface area contributed by atoms with Crippen LogP contribution in [0.4, 0.5) is 5.69 Å². The second-order valence-electron chi connectivity index (χ2n) is 6.99. The van der Waals surface area contributed by atoms with Gasteiger partial charge < -0.3 is 15.3 Å². The minimum Gasteiger partial charge on any atom is -0.504 e. The number of aryl methyl sites for hydroxylation is 1. The molecule has 2 N–H and O–H groups in total. The molecule has 1 unspecified atom stereocenters. The van der Waals surface area contributed by atoms with Crippen LogP contribution in [0.1, 0.15) is 48.4 Å². The molecule has 0 radical (unpaired) electrons. The van der Waals surface area contributed by atoms with Gasteiger partial charge in [0.15, 0.2) is 5.75 Å². The molecule has 0 saturated carbocycles. The molecular formula is C18H22N4O3. The zero-order chi connectivity index (χ0) is 18.5. The van der Waals surface area contributed by atoms with Gasteiger partial charge in [0.2, 0.25) is 5.91 Å². The summed E-state index contributed by atoms with van der Waals surface area (Å²) in [6.45, 7) is 5.47. The number of aromatic nitrogens is 2. The van der Waals surface area contributed by atoms with Gasteiger partial charge in [-0.25, -0.2) is 0 Å². The van der Waals surface area contributed by atoms with Gasteiger partial charge in [0.05, 0.1) is 17.7 Å². The zero-order valence-corrected chi connectivity index (χ0v) is 15.0. The van der Waals surface area contributed by atoms with Crippen molar-refractivity contribution in [2.24, 2.45) is 7.05 Å². The summed E-state index contributed by atoms with van der Waals surface area (Å²) in [7, 11) is 3.44. The summed E-state index contributed by atoms with van der Waals surface area (Å²) in [6, 6.07) is 4.81. The molecule has 1 aromatic heterocycles. The smallest absolute Gasteiger partial charge is 0.251 e. The lowest BCUT2D eigenvalue weighted by Gasteiger charge is -2.17. The number of nitrogens with zero attached hydrogens (tertiary/aromatic N) is 3. The monoisotopic (exact) mass is 342 g/mol. The van der Waals surface area contributed by atoms with Crippen molar-refractivity contribution >= 4 is 17.5 Å². The Balaban J connectivity index is 1.86. The number of amides is 2. The molecule has 1 atom stereocenters. The van der Waals surface area contributed by atoms with Crippen molar-refractivity contribution in [3.05, 3.63) is 41.2 Å². The molecular weight excluding hydrogens is 320 g/mol. The van der Waals surface area contributed by atoms with Gasteiger partial charge in [-0.05, 0) is 44.5 Å². The Morgan fingerprint density at radius 3 is 2.60 bits per heavy atom.